The van der Waals surface area contributed by atoms with Crippen molar-refractivity contribution < 1.29 is 19.1 Å². The third-order valence-corrected chi connectivity index (χ3v) is 4.89. The predicted octanol–water partition coefficient (Wildman–Crippen LogP) is 1.23. The molecule has 27 heavy (non-hydrogen) atoms. The van der Waals surface area contributed by atoms with Crippen LogP contribution in [0.3, 0.4) is 0 Å². The van der Waals surface area contributed by atoms with Gasteiger partial charge in [-0.25, -0.2) is 10.0 Å². The molecule has 1 amide bonds. The van der Waals surface area contributed by atoms with E-state index in [0.717, 1.165) is 11.9 Å². The van der Waals surface area contributed by atoms with Crippen molar-refractivity contribution in [1.29, 1.82) is 0 Å². The van der Waals surface area contributed by atoms with Crippen LogP contribution in [0.25, 0.3) is 0 Å². The molecule has 10 heteroatoms. The quantitative estimate of drug-likeness (QED) is 0.855. The molecule has 2 aliphatic rings. The number of anilines is 1. The van der Waals surface area contributed by atoms with Gasteiger partial charge in [-0.05, 0) is 12.8 Å². The van der Waals surface area contributed by atoms with E-state index in [2.05, 4.69) is 19.9 Å². The van der Waals surface area contributed by atoms with Crippen LogP contribution in [-0.2, 0) is 9.63 Å². The second-order valence-electron chi connectivity index (χ2n) is 6.53. The first-order chi connectivity index (χ1) is 13.1. The van der Waals surface area contributed by atoms with E-state index in [4.69, 9.17) is 4.84 Å². The molecule has 2 aromatic rings. The molecule has 2 fully saturated rings. The summed E-state index contributed by atoms with van der Waals surface area (Å²) in [6, 6.07) is -0.221. The molecule has 0 aliphatic carbocycles. The number of carbonyl (C=O) groups excluding carboxylic acids is 1. The second-order valence-corrected chi connectivity index (χ2v) is 6.53. The Kier molecular flexibility index (Phi) is 4.80. The van der Waals surface area contributed by atoms with E-state index in [1.165, 1.54) is 5.06 Å². The summed E-state index contributed by atoms with van der Waals surface area (Å²) < 4.78 is 13.1. The summed E-state index contributed by atoms with van der Waals surface area (Å²) in [5.41, 5.74) is 0.718. The Morgan fingerprint density at radius 2 is 2.00 bits per heavy atom. The minimum Gasteiger partial charge on any atom is -0.491 e. The lowest BCUT2D eigenvalue weighted by molar-refractivity contribution is -0.182. The summed E-state index contributed by atoms with van der Waals surface area (Å²) in [6.07, 6.45) is 7.66. The molecule has 1 N–H and O–H groups in total. The van der Waals surface area contributed by atoms with Crippen molar-refractivity contribution in [3.8, 4) is 5.88 Å². The summed E-state index contributed by atoms with van der Waals surface area (Å²) in [7, 11) is 0. The van der Waals surface area contributed by atoms with Gasteiger partial charge in [0.25, 0.3) is 5.88 Å². The molecule has 4 rings (SSSR count). The number of aromatic hydroxyl groups is 1. The lowest BCUT2D eigenvalue weighted by Gasteiger charge is -2.33. The van der Waals surface area contributed by atoms with Gasteiger partial charge in [0.1, 0.15) is 6.04 Å². The van der Waals surface area contributed by atoms with Crippen LogP contribution in [0.5, 0.6) is 5.88 Å². The molecule has 2 aliphatic heterocycles. The van der Waals surface area contributed by atoms with E-state index in [-0.39, 0.29) is 23.8 Å². The van der Waals surface area contributed by atoms with Crippen LogP contribution in [0.15, 0.2) is 24.8 Å². The van der Waals surface area contributed by atoms with Gasteiger partial charge in [0.05, 0.1) is 24.7 Å². The van der Waals surface area contributed by atoms with E-state index >= 15 is 0 Å². The van der Waals surface area contributed by atoms with Crippen molar-refractivity contribution in [2.45, 2.75) is 25.3 Å². The summed E-state index contributed by atoms with van der Waals surface area (Å²) in [5.74, 6) is -1.52. The number of piperidine rings is 1. The molecule has 142 valence electrons. The van der Waals surface area contributed by atoms with Crippen molar-refractivity contribution in [2.24, 2.45) is 5.92 Å². The van der Waals surface area contributed by atoms with Crippen molar-refractivity contribution in [1.82, 2.24) is 25.0 Å². The van der Waals surface area contributed by atoms with Gasteiger partial charge in [0.2, 0.25) is 17.7 Å². The van der Waals surface area contributed by atoms with E-state index in [0.29, 0.717) is 39.0 Å². The summed E-state index contributed by atoms with van der Waals surface area (Å²) in [4.78, 5) is 36.4. The van der Waals surface area contributed by atoms with Gasteiger partial charge in [-0.3, -0.25) is 19.6 Å². The van der Waals surface area contributed by atoms with Crippen LogP contribution >= 0.6 is 0 Å². The molecular formula is C17H19FN6O3. The van der Waals surface area contributed by atoms with Crippen LogP contribution < -0.4 is 4.90 Å². The zero-order valence-electron chi connectivity index (χ0n) is 14.5. The topological polar surface area (TPSA) is 105 Å². The highest BCUT2D eigenvalue weighted by atomic mass is 19.1. The average Bonchev–Trinajstić information content (AvgIpc) is 3.20. The third kappa shape index (κ3) is 3.52. The van der Waals surface area contributed by atoms with Crippen LogP contribution in [0.1, 0.15) is 31.0 Å². The molecule has 0 saturated carbocycles. The van der Waals surface area contributed by atoms with E-state index in [1.54, 1.807) is 18.6 Å². The van der Waals surface area contributed by atoms with Crippen LogP contribution in [0.2, 0.25) is 0 Å². The molecule has 0 radical (unpaired) electrons. The van der Waals surface area contributed by atoms with E-state index < -0.39 is 11.7 Å². The maximum atomic E-state index is 13.1. The smallest absolute Gasteiger partial charge is 0.252 e. The maximum Gasteiger partial charge on any atom is 0.252 e. The van der Waals surface area contributed by atoms with Crippen LogP contribution in [0.4, 0.5) is 10.3 Å². The zero-order valence-corrected chi connectivity index (χ0v) is 14.5. The molecule has 0 bridgehead atoms. The summed E-state index contributed by atoms with van der Waals surface area (Å²) >= 11 is 0. The van der Waals surface area contributed by atoms with Gasteiger partial charge in [0.15, 0.2) is 0 Å². The number of carbonyl (C=O) groups is 1. The number of amides is 1. The first-order valence-electron chi connectivity index (χ1n) is 8.82. The highest BCUT2D eigenvalue weighted by Gasteiger charge is 2.38. The molecule has 2 saturated heterocycles. The van der Waals surface area contributed by atoms with Crippen molar-refractivity contribution in [3.63, 3.8) is 0 Å². The van der Waals surface area contributed by atoms with Crippen molar-refractivity contribution in [2.75, 3.05) is 24.6 Å². The fraction of sp³-hybridized carbons (Fsp3) is 0.471. The SMILES string of the molecule is O=C(C1CCN(c2ncc(F)c(O)n2)CC1)N1OCC[C@H]1c1cnccn1. The number of hydrogen-bond acceptors (Lipinski definition) is 8. The van der Waals surface area contributed by atoms with Crippen LogP contribution in [-0.4, -0.2) is 55.7 Å². The normalized spacial score (nSPS) is 20.9. The number of halogens is 1. The zero-order chi connectivity index (χ0) is 18.8. The minimum atomic E-state index is -0.856. The molecule has 2 aromatic heterocycles. The van der Waals surface area contributed by atoms with Gasteiger partial charge in [-0.2, -0.15) is 9.37 Å². The minimum absolute atomic E-state index is 0.0642. The lowest BCUT2D eigenvalue weighted by Crippen LogP contribution is -2.42. The molecule has 4 heterocycles. The Bertz CT molecular complexity index is 816. The van der Waals surface area contributed by atoms with Gasteiger partial charge in [-0.1, -0.05) is 0 Å². The number of hydroxylamine groups is 2. The Balaban J connectivity index is 1.40. The average molecular weight is 374 g/mol. The lowest BCUT2D eigenvalue weighted by atomic mass is 9.95. The largest absolute Gasteiger partial charge is 0.491 e. The molecule has 1 atom stereocenters. The molecule has 9 nitrogen and oxygen atoms in total. The Labute approximate surface area is 154 Å². The molecule has 0 aromatic carbocycles. The number of hydrogen-bond donors (Lipinski definition) is 1. The van der Waals surface area contributed by atoms with E-state index in [1.807, 2.05) is 4.90 Å². The van der Waals surface area contributed by atoms with Gasteiger partial charge in [0, 0.05) is 37.8 Å². The van der Waals surface area contributed by atoms with Crippen molar-refractivity contribution in [3.05, 3.63) is 36.3 Å². The highest BCUT2D eigenvalue weighted by Crippen LogP contribution is 2.32. The van der Waals surface area contributed by atoms with Crippen LogP contribution in [0, 0.1) is 11.7 Å². The van der Waals surface area contributed by atoms with Crippen molar-refractivity contribution >= 4 is 11.9 Å². The predicted molar refractivity (Wildman–Crippen MR) is 90.8 cm³/mol. The van der Waals surface area contributed by atoms with Gasteiger partial charge >= 0.3 is 0 Å². The Morgan fingerprint density at radius 3 is 2.70 bits per heavy atom. The third-order valence-electron chi connectivity index (χ3n) is 4.89. The Morgan fingerprint density at radius 1 is 1.19 bits per heavy atom. The monoisotopic (exact) mass is 374 g/mol. The number of nitrogens with zero attached hydrogens (tertiary/aromatic N) is 6. The second kappa shape index (κ2) is 7.39. The summed E-state index contributed by atoms with van der Waals surface area (Å²) in [6.45, 7) is 1.53. The first-order valence-corrected chi connectivity index (χ1v) is 8.82. The van der Waals surface area contributed by atoms with Gasteiger partial charge < -0.3 is 10.0 Å². The maximum absolute atomic E-state index is 13.1. The molecule has 0 spiro atoms. The van der Waals surface area contributed by atoms with Gasteiger partial charge in [-0.15, -0.1) is 0 Å². The fourth-order valence-corrected chi connectivity index (χ4v) is 3.45. The number of rotatable bonds is 3. The first kappa shape index (κ1) is 17.5. The summed E-state index contributed by atoms with van der Waals surface area (Å²) in [5, 5.41) is 10.8. The standard InChI is InChI=1S/C17H19FN6O3/c18-12-9-21-17(22-15(12)25)23-6-1-11(2-7-23)16(26)24-14(3-8-27-24)13-10-19-4-5-20-13/h4-5,9-11,14H,1-3,6-8H2,(H,21,22,25)/t14-/m0/s1. The van der Waals surface area contributed by atoms with E-state index in [9.17, 15) is 14.3 Å². The fourth-order valence-electron chi connectivity index (χ4n) is 3.45. The number of aromatic nitrogens is 4. The highest BCUT2D eigenvalue weighted by molar-refractivity contribution is 5.78. The molecular weight excluding hydrogens is 355 g/mol. The Hall–Kier alpha value is -2.88. The molecule has 0 unspecified atom stereocenters.